The molecule has 1 aromatic heterocycles. The van der Waals surface area contributed by atoms with Gasteiger partial charge in [-0.15, -0.1) is 0 Å². The molecule has 0 spiro atoms. The van der Waals surface area contributed by atoms with Crippen molar-refractivity contribution >= 4 is 16.6 Å². The van der Waals surface area contributed by atoms with Crippen LogP contribution >= 0.6 is 0 Å². The minimum atomic E-state index is 1.04. The molecule has 1 aliphatic heterocycles. The van der Waals surface area contributed by atoms with Crippen LogP contribution in [0.5, 0.6) is 0 Å². The smallest absolute Gasteiger partial charge is 0.127 e. The number of benzene rings is 2. The summed E-state index contributed by atoms with van der Waals surface area (Å²) in [5.41, 5.74) is 3.75. The maximum absolute atomic E-state index is 4.81. The molecule has 0 bridgehead atoms. The number of hydrogen-bond acceptors (Lipinski definition) is 2. The second kappa shape index (κ2) is 4.92. The summed E-state index contributed by atoms with van der Waals surface area (Å²) < 4.78 is 2.00. The van der Waals surface area contributed by atoms with E-state index < -0.39 is 0 Å². The summed E-state index contributed by atoms with van der Waals surface area (Å²) in [5.74, 6) is 1.19. The van der Waals surface area contributed by atoms with Crippen LogP contribution in [-0.2, 0) is 13.5 Å². The van der Waals surface area contributed by atoms with E-state index in [1.54, 1.807) is 0 Å². The zero-order valence-corrected chi connectivity index (χ0v) is 12.3. The van der Waals surface area contributed by atoms with Crippen molar-refractivity contribution in [1.29, 1.82) is 0 Å². The lowest BCUT2D eigenvalue weighted by atomic mass is 9.98. The Morgan fingerprint density at radius 1 is 1.05 bits per heavy atom. The monoisotopic (exact) mass is 277 g/mol. The summed E-state index contributed by atoms with van der Waals surface area (Å²) in [4.78, 5) is 0. The maximum atomic E-state index is 4.81. The predicted octanol–water partition coefficient (Wildman–Crippen LogP) is 3.99. The Bertz CT molecular complexity index is 796. The predicted molar refractivity (Wildman–Crippen MR) is 87.6 cm³/mol. The summed E-state index contributed by atoms with van der Waals surface area (Å²) in [7, 11) is 2.03. The van der Waals surface area contributed by atoms with Gasteiger partial charge in [0, 0.05) is 24.7 Å². The highest BCUT2D eigenvalue weighted by Crippen LogP contribution is 2.35. The average Bonchev–Trinajstić information content (AvgIpc) is 2.70. The zero-order valence-electron chi connectivity index (χ0n) is 12.3. The number of aromatic nitrogens is 2. The van der Waals surface area contributed by atoms with Gasteiger partial charge in [0.15, 0.2) is 0 Å². The van der Waals surface area contributed by atoms with Gasteiger partial charge in [0.2, 0.25) is 0 Å². The Labute approximate surface area is 124 Å². The van der Waals surface area contributed by atoms with Crippen LogP contribution in [0.4, 0.5) is 5.82 Å². The SMILES string of the molecule is Cn1nc(-c2cccc3ccccc23)c2c1NCCCC2. The Morgan fingerprint density at radius 2 is 1.90 bits per heavy atom. The van der Waals surface area contributed by atoms with E-state index in [4.69, 9.17) is 5.10 Å². The van der Waals surface area contributed by atoms with Crippen molar-refractivity contribution in [3.8, 4) is 11.3 Å². The number of nitrogens with zero attached hydrogens (tertiary/aromatic N) is 2. The Balaban J connectivity index is 1.97. The summed E-state index contributed by atoms with van der Waals surface area (Å²) in [6, 6.07) is 15.0. The third kappa shape index (κ3) is 2.00. The van der Waals surface area contributed by atoms with E-state index in [0.29, 0.717) is 0 Å². The van der Waals surface area contributed by atoms with Crippen LogP contribution in [0.1, 0.15) is 18.4 Å². The molecule has 0 saturated carbocycles. The fourth-order valence-corrected chi connectivity index (χ4v) is 3.31. The topological polar surface area (TPSA) is 29.9 Å². The first-order valence-corrected chi connectivity index (χ1v) is 7.62. The highest BCUT2D eigenvalue weighted by atomic mass is 15.3. The first-order valence-electron chi connectivity index (χ1n) is 7.62. The van der Waals surface area contributed by atoms with E-state index in [2.05, 4.69) is 47.8 Å². The van der Waals surface area contributed by atoms with Gasteiger partial charge in [-0.2, -0.15) is 5.10 Å². The molecule has 21 heavy (non-hydrogen) atoms. The van der Waals surface area contributed by atoms with E-state index in [1.807, 2.05) is 11.7 Å². The van der Waals surface area contributed by atoms with Gasteiger partial charge in [0.1, 0.15) is 5.82 Å². The quantitative estimate of drug-likeness (QED) is 0.729. The Hall–Kier alpha value is -2.29. The second-order valence-electron chi connectivity index (χ2n) is 5.71. The van der Waals surface area contributed by atoms with Crippen molar-refractivity contribution in [3.63, 3.8) is 0 Å². The Morgan fingerprint density at radius 3 is 2.86 bits per heavy atom. The Kier molecular flexibility index (Phi) is 2.92. The summed E-state index contributed by atoms with van der Waals surface area (Å²) in [5, 5.41) is 10.9. The number of fused-ring (bicyclic) bond motifs is 2. The third-order valence-corrected chi connectivity index (χ3v) is 4.34. The molecule has 3 aromatic rings. The molecule has 2 aromatic carbocycles. The number of anilines is 1. The molecule has 0 aliphatic carbocycles. The van der Waals surface area contributed by atoms with Crippen LogP contribution < -0.4 is 5.32 Å². The fourth-order valence-electron chi connectivity index (χ4n) is 3.31. The van der Waals surface area contributed by atoms with Gasteiger partial charge in [-0.1, -0.05) is 42.5 Å². The highest BCUT2D eigenvalue weighted by molar-refractivity contribution is 5.97. The molecule has 1 aliphatic rings. The minimum Gasteiger partial charge on any atom is -0.370 e. The molecule has 0 unspecified atom stereocenters. The summed E-state index contributed by atoms with van der Waals surface area (Å²) in [6.07, 6.45) is 3.56. The van der Waals surface area contributed by atoms with Gasteiger partial charge >= 0.3 is 0 Å². The molecule has 3 heteroatoms. The molecular weight excluding hydrogens is 258 g/mol. The lowest BCUT2D eigenvalue weighted by molar-refractivity contribution is 0.757. The van der Waals surface area contributed by atoms with Gasteiger partial charge in [-0.25, -0.2) is 0 Å². The molecule has 0 amide bonds. The fraction of sp³-hybridized carbons (Fsp3) is 0.278. The molecule has 3 nitrogen and oxygen atoms in total. The number of aryl methyl sites for hydroxylation is 1. The summed E-state index contributed by atoms with van der Waals surface area (Å²) >= 11 is 0. The normalized spacial score (nSPS) is 14.5. The molecule has 2 heterocycles. The molecular formula is C18H19N3. The molecule has 0 radical (unpaired) electrons. The molecule has 0 fully saturated rings. The van der Waals surface area contributed by atoms with Crippen LogP contribution in [-0.4, -0.2) is 16.3 Å². The van der Waals surface area contributed by atoms with E-state index in [9.17, 15) is 0 Å². The summed E-state index contributed by atoms with van der Waals surface area (Å²) in [6.45, 7) is 1.04. The number of nitrogens with one attached hydrogen (secondary N) is 1. The highest BCUT2D eigenvalue weighted by Gasteiger charge is 2.20. The van der Waals surface area contributed by atoms with Crippen molar-refractivity contribution < 1.29 is 0 Å². The van der Waals surface area contributed by atoms with Gasteiger partial charge in [0.25, 0.3) is 0 Å². The molecule has 4 rings (SSSR count). The van der Waals surface area contributed by atoms with Crippen LogP contribution in [0, 0.1) is 0 Å². The van der Waals surface area contributed by atoms with Gasteiger partial charge in [-0.05, 0) is 30.0 Å². The van der Waals surface area contributed by atoms with E-state index in [1.165, 1.54) is 40.6 Å². The lowest BCUT2D eigenvalue weighted by Crippen LogP contribution is -2.04. The average molecular weight is 277 g/mol. The largest absolute Gasteiger partial charge is 0.370 e. The van der Waals surface area contributed by atoms with Crippen LogP contribution in [0.15, 0.2) is 42.5 Å². The number of rotatable bonds is 1. The van der Waals surface area contributed by atoms with E-state index in [0.717, 1.165) is 18.7 Å². The molecule has 106 valence electrons. The standard InChI is InChI=1S/C18H19N3/c1-21-18-16(10-4-5-12-19-18)17(20-21)15-11-6-8-13-7-2-3-9-14(13)15/h2-3,6-9,11,19H,4-5,10,12H2,1H3. The molecule has 1 N–H and O–H groups in total. The van der Waals surface area contributed by atoms with Crippen molar-refractivity contribution in [2.45, 2.75) is 19.3 Å². The van der Waals surface area contributed by atoms with Crippen molar-refractivity contribution in [2.24, 2.45) is 7.05 Å². The second-order valence-corrected chi connectivity index (χ2v) is 5.71. The first kappa shape index (κ1) is 12.5. The first-order chi connectivity index (χ1) is 10.3. The van der Waals surface area contributed by atoms with Crippen LogP contribution in [0.25, 0.3) is 22.0 Å². The lowest BCUT2D eigenvalue weighted by Gasteiger charge is -2.06. The minimum absolute atomic E-state index is 1.04. The van der Waals surface area contributed by atoms with Crippen LogP contribution in [0.2, 0.25) is 0 Å². The van der Waals surface area contributed by atoms with E-state index in [-0.39, 0.29) is 0 Å². The zero-order chi connectivity index (χ0) is 14.2. The van der Waals surface area contributed by atoms with Crippen LogP contribution in [0.3, 0.4) is 0 Å². The molecule has 0 saturated heterocycles. The van der Waals surface area contributed by atoms with Gasteiger partial charge in [0.05, 0.1) is 5.69 Å². The molecule has 0 atom stereocenters. The van der Waals surface area contributed by atoms with Gasteiger partial charge in [-0.3, -0.25) is 4.68 Å². The van der Waals surface area contributed by atoms with Crippen molar-refractivity contribution in [2.75, 3.05) is 11.9 Å². The maximum Gasteiger partial charge on any atom is 0.127 e. The van der Waals surface area contributed by atoms with Crippen molar-refractivity contribution in [1.82, 2.24) is 9.78 Å². The van der Waals surface area contributed by atoms with Gasteiger partial charge < -0.3 is 5.32 Å². The van der Waals surface area contributed by atoms with Crippen molar-refractivity contribution in [3.05, 3.63) is 48.0 Å². The third-order valence-electron chi connectivity index (χ3n) is 4.34. The number of hydrogen-bond donors (Lipinski definition) is 1. The van der Waals surface area contributed by atoms with E-state index >= 15 is 0 Å².